The maximum absolute atomic E-state index is 6.01. The maximum atomic E-state index is 6.01. The first-order chi connectivity index (χ1) is 13.5. The lowest BCUT2D eigenvalue weighted by Gasteiger charge is -2.19. The number of hydrogen-bond acceptors (Lipinski definition) is 3. The summed E-state index contributed by atoms with van der Waals surface area (Å²) in [5.74, 6) is 0.585. The molecule has 3 heteroatoms. The molecular weight excluding hydrogens is 344 g/mol. The highest BCUT2D eigenvalue weighted by Crippen LogP contribution is 2.23. The number of benzene rings is 3. The molecule has 0 heterocycles. The van der Waals surface area contributed by atoms with Crippen molar-refractivity contribution in [2.45, 2.75) is 32.8 Å². The van der Waals surface area contributed by atoms with Gasteiger partial charge in [0.05, 0.1) is 0 Å². The molecule has 3 aromatic carbocycles. The molecule has 0 unspecified atom stereocenters. The van der Waals surface area contributed by atoms with Crippen molar-refractivity contribution in [3.63, 3.8) is 0 Å². The molecule has 0 atom stereocenters. The quantitative estimate of drug-likeness (QED) is 0.351. The van der Waals surface area contributed by atoms with E-state index in [1.807, 2.05) is 30.3 Å². The van der Waals surface area contributed by atoms with Crippen molar-refractivity contribution in [1.82, 2.24) is 5.43 Å². The summed E-state index contributed by atoms with van der Waals surface area (Å²) in [6.07, 6.45) is 0. The van der Waals surface area contributed by atoms with Gasteiger partial charge in [-0.1, -0.05) is 87.5 Å². The van der Waals surface area contributed by atoms with Crippen LogP contribution in [0, 0.1) is 0 Å². The maximum Gasteiger partial charge on any atom is 0.238 e. The second-order valence-corrected chi connectivity index (χ2v) is 7.82. The highest BCUT2D eigenvalue weighted by atomic mass is 16.5. The Morgan fingerprint density at radius 1 is 0.821 bits per heavy atom. The second-order valence-electron chi connectivity index (χ2n) is 7.82. The Kier molecular flexibility index (Phi) is 6.15. The van der Waals surface area contributed by atoms with Crippen LogP contribution in [0.3, 0.4) is 0 Å². The minimum atomic E-state index is 0.151. The number of nitrogens with zero attached hydrogens (tertiary/aromatic N) is 1. The lowest BCUT2D eigenvalue weighted by atomic mass is 9.87. The van der Waals surface area contributed by atoms with Crippen molar-refractivity contribution in [1.29, 1.82) is 0 Å². The number of hydrazone groups is 1. The minimum Gasteiger partial charge on any atom is -0.471 e. The molecule has 0 aliphatic rings. The zero-order valence-electron chi connectivity index (χ0n) is 17.1. The molecule has 1 N–H and O–H groups in total. The highest BCUT2D eigenvalue weighted by Gasteiger charge is 2.13. The molecule has 0 spiro atoms. The van der Waals surface area contributed by atoms with Crippen LogP contribution in [0.1, 0.15) is 37.5 Å². The molecule has 0 bridgehead atoms. The molecule has 0 saturated heterocycles. The Labute approximate surface area is 168 Å². The van der Waals surface area contributed by atoms with Crippen molar-refractivity contribution < 1.29 is 4.74 Å². The normalized spacial score (nSPS) is 11.9. The third-order valence-corrected chi connectivity index (χ3v) is 4.65. The summed E-state index contributed by atoms with van der Waals surface area (Å²) >= 11 is 0. The van der Waals surface area contributed by atoms with Gasteiger partial charge in [0.25, 0.3) is 0 Å². The molecule has 3 aromatic rings. The largest absolute Gasteiger partial charge is 0.471 e. The number of nitrogens with one attached hydrogen (secondary N) is 1. The molecule has 0 radical (unpaired) electrons. The Hall–Kier alpha value is -3.07. The summed E-state index contributed by atoms with van der Waals surface area (Å²) < 4.78 is 6.01. The average Bonchev–Trinajstić information content (AvgIpc) is 2.71. The van der Waals surface area contributed by atoms with Crippen molar-refractivity contribution in [3.8, 4) is 11.1 Å². The first-order valence-corrected chi connectivity index (χ1v) is 9.60. The van der Waals surface area contributed by atoms with E-state index >= 15 is 0 Å². The van der Waals surface area contributed by atoms with Crippen LogP contribution in [0.15, 0.2) is 84.0 Å². The molecule has 144 valence electrons. The topological polar surface area (TPSA) is 33.6 Å². The zero-order chi connectivity index (χ0) is 20.0. The van der Waals surface area contributed by atoms with Crippen LogP contribution < -0.4 is 5.43 Å². The van der Waals surface area contributed by atoms with Crippen LogP contribution in [-0.2, 0) is 16.8 Å². The third kappa shape index (κ3) is 5.01. The van der Waals surface area contributed by atoms with Crippen LogP contribution in [-0.4, -0.2) is 12.9 Å². The summed E-state index contributed by atoms with van der Waals surface area (Å²) in [7, 11) is 1.78. The average molecular weight is 373 g/mol. The summed E-state index contributed by atoms with van der Waals surface area (Å²) in [5, 5.41) is 4.31. The number of rotatable bonds is 5. The zero-order valence-corrected chi connectivity index (χ0v) is 17.1. The van der Waals surface area contributed by atoms with E-state index in [0.29, 0.717) is 12.5 Å². The minimum absolute atomic E-state index is 0.151. The molecule has 0 aromatic heterocycles. The fourth-order valence-corrected chi connectivity index (χ4v) is 2.97. The van der Waals surface area contributed by atoms with Gasteiger partial charge in [-0.3, -0.25) is 0 Å². The van der Waals surface area contributed by atoms with Crippen LogP contribution in [0.5, 0.6) is 0 Å². The monoisotopic (exact) mass is 372 g/mol. The summed E-state index contributed by atoms with van der Waals surface area (Å²) in [5.41, 5.74) is 8.74. The van der Waals surface area contributed by atoms with Crippen LogP contribution >= 0.6 is 0 Å². The predicted molar refractivity (Wildman–Crippen MR) is 117 cm³/mol. The standard InChI is InChI=1S/C25H28N2O/c1-25(2,3)23-16-10-19(11-17-23)18-28-24(27-26-4)22-14-12-21(13-15-22)20-8-6-5-7-9-20/h5-17,26H,18H2,1-4H3/b27-24-. The van der Waals surface area contributed by atoms with Crippen LogP contribution in [0.25, 0.3) is 11.1 Å². The van der Waals surface area contributed by atoms with E-state index in [-0.39, 0.29) is 5.41 Å². The lowest BCUT2D eigenvalue weighted by molar-refractivity contribution is 0.291. The molecular formula is C25H28N2O. The van der Waals surface area contributed by atoms with E-state index in [1.54, 1.807) is 7.05 Å². The summed E-state index contributed by atoms with van der Waals surface area (Å²) in [6.45, 7) is 7.13. The van der Waals surface area contributed by atoms with Gasteiger partial charge in [-0.15, -0.1) is 5.10 Å². The van der Waals surface area contributed by atoms with Gasteiger partial charge in [-0.05, 0) is 39.8 Å². The van der Waals surface area contributed by atoms with Gasteiger partial charge in [0, 0.05) is 12.6 Å². The molecule has 3 nitrogen and oxygen atoms in total. The van der Waals surface area contributed by atoms with Crippen LogP contribution in [0.2, 0.25) is 0 Å². The van der Waals surface area contributed by atoms with Crippen molar-refractivity contribution in [2.24, 2.45) is 5.10 Å². The van der Waals surface area contributed by atoms with Crippen LogP contribution in [0.4, 0.5) is 0 Å². The Bertz CT molecular complexity index is 906. The Balaban J connectivity index is 1.71. The van der Waals surface area contributed by atoms with E-state index in [0.717, 1.165) is 11.1 Å². The summed E-state index contributed by atoms with van der Waals surface area (Å²) in [4.78, 5) is 0. The first kappa shape index (κ1) is 19.7. The second kappa shape index (κ2) is 8.75. The third-order valence-electron chi connectivity index (χ3n) is 4.65. The Morgan fingerprint density at radius 3 is 2.00 bits per heavy atom. The van der Waals surface area contributed by atoms with E-state index < -0.39 is 0 Å². The lowest BCUT2D eigenvalue weighted by Crippen LogP contribution is -2.12. The van der Waals surface area contributed by atoms with E-state index in [2.05, 4.69) is 79.8 Å². The number of hydrogen-bond donors (Lipinski definition) is 1. The molecule has 3 rings (SSSR count). The fourth-order valence-electron chi connectivity index (χ4n) is 2.97. The van der Waals surface area contributed by atoms with Gasteiger partial charge in [-0.2, -0.15) is 0 Å². The van der Waals surface area contributed by atoms with Gasteiger partial charge in [-0.25, -0.2) is 0 Å². The van der Waals surface area contributed by atoms with Gasteiger partial charge < -0.3 is 10.2 Å². The predicted octanol–water partition coefficient (Wildman–Crippen LogP) is 5.75. The summed E-state index contributed by atoms with van der Waals surface area (Å²) in [6, 6.07) is 27.2. The van der Waals surface area contributed by atoms with Gasteiger partial charge in [0.1, 0.15) is 6.61 Å². The van der Waals surface area contributed by atoms with E-state index in [4.69, 9.17) is 4.74 Å². The highest BCUT2D eigenvalue weighted by molar-refractivity contribution is 5.94. The molecule has 0 saturated carbocycles. The fraction of sp³-hybridized carbons (Fsp3) is 0.240. The molecule has 0 aliphatic heterocycles. The van der Waals surface area contributed by atoms with Gasteiger partial charge >= 0.3 is 0 Å². The van der Waals surface area contributed by atoms with Crippen molar-refractivity contribution >= 4 is 5.90 Å². The van der Waals surface area contributed by atoms with Gasteiger partial charge in [0.15, 0.2) is 0 Å². The van der Waals surface area contributed by atoms with Crippen molar-refractivity contribution in [2.75, 3.05) is 7.05 Å². The van der Waals surface area contributed by atoms with E-state index in [9.17, 15) is 0 Å². The van der Waals surface area contributed by atoms with Crippen molar-refractivity contribution in [3.05, 3.63) is 95.6 Å². The molecule has 0 amide bonds. The SMILES string of the molecule is CN/N=C(\OCc1ccc(C(C)(C)C)cc1)c1ccc(-c2ccccc2)cc1. The Morgan fingerprint density at radius 2 is 1.43 bits per heavy atom. The molecule has 28 heavy (non-hydrogen) atoms. The smallest absolute Gasteiger partial charge is 0.238 e. The molecule has 0 aliphatic carbocycles. The number of ether oxygens (including phenoxy) is 1. The first-order valence-electron chi connectivity index (χ1n) is 9.60. The van der Waals surface area contributed by atoms with Gasteiger partial charge in [0.2, 0.25) is 5.90 Å². The van der Waals surface area contributed by atoms with E-state index in [1.165, 1.54) is 16.7 Å². The molecule has 0 fully saturated rings.